The lowest BCUT2D eigenvalue weighted by molar-refractivity contribution is -0.136. The number of allylic oxidation sites excluding steroid dienone is 1. The Balaban J connectivity index is 1.97. The van der Waals surface area contributed by atoms with Crippen molar-refractivity contribution in [1.82, 2.24) is 10.6 Å². The molecule has 0 aliphatic carbocycles. The average Bonchev–Trinajstić information content (AvgIpc) is 2.78. The smallest absolute Gasteiger partial charge is 0.337 e. The minimum Gasteiger partial charge on any atom is -0.490 e. The third-order valence-corrected chi connectivity index (χ3v) is 5.03. The second kappa shape index (κ2) is 10.2. The summed E-state index contributed by atoms with van der Waals surface area (Å²) in [6.45, 7) is 5.99. The van der Waals surface area contributed by atoms with E-state index in [1.54, 1.807) is 36.4 Å². The lowest BCUT2D eigenvalue weighted by Gasteiger charge is -2.31. The van der Waals surface area contributed by atoms with Gasteiger partial charge in [0.15, 0.2) is 11.5 Å². The molecule has 3 rings (SSSR count). The zero-order chi connectivity index (χ0) is 23.3. The zero-order valence-electron chi connectivity index (χ0n) is 18.5. The van der Waals surface area contributed by atoms with Crippen LogP contribution in [0.3, 0.4) is 0 Å². The molecule has 1 aliphatic heterocycles. The first-order valence-corrected chi connectivity index (χ1v) is 10.4. The number of nitrogens with one attached hydrogen (secondary N) is 2. The third kappa shape index (κ3) is 5.01. The van der Waals surface area contributed by atoms with Crippen molar-refractivity contribution in [1.29, 1.82) is 0 Å². The van der Waals surface area contributed by atoms with Gasteiger partial charge in [-0.05, 0) is 36.6 Å². The maximum absolute atomic E-state index is 13.9. The highest BCUT2D eigenvalue weighted by Gasteiger charge is 2.34. The highest BCUT2D eigenvalue weighted by atomic mass is 19.1. The molecule has 170 valence electrons. The predicted octanol–water partition coefficient (Wildman–Crippen LogP) is 4.24. The highest BCUT2D eigenvalue weighted by Crippen LogP contribution is 2.36. The molecule has 0 spiro atoms. The number of carbonyl (C=O) groups excluding carboxylic acids is 2. The van der Waals surface area contributed by atoms with Gasteiger partial charge in [0.25, 0.3) is 0 Å². The average molecular weight is 442 g/mol. The van der Waals surface area contributed by atoms with Crippen molar-refractivity contribution in [2.45, 2.75) is 33.4 Å². The van der Waals surface area contributed by atoms with Crippen molar-refractivity contribution in [3.8, 4) is 11.5 Å². The number of rotatable bonds is 8. The number of hydrogen-bond acceptors (Lipinski definition) is 5. The van der Waals surface area contributed by atoms with Crippen LogP contribution in [0.4, 0.5) is 9.18 Å². The molecule has 2 amide bonds. The first kappa shape index (κ1) is 23.1. The van der Waals surface area contributed by atoms with E-state index in [1.807, 2.05) is 20.8 Å². The minimum absolute atomic E-state index is 0.0288. The molecule has 1 heterocycles. The summed E-state index contributed by atoms with van der Waals surface area (Å²) >= 11 is 0. The summed E-state index contributed by atoms with van der Waals surface area (Å²) in [6, 6.07) is 10.4. The van der Waals surface area contributed by atoms with E-state index in [9.17, 15) is 14.0 Å². The Kier molecular flexibility index (Phi) is 7.35. The fraction of sp³-hybridized carbons (Fsp3) is 0.333. The Morgan fingerprint density at radius 1 is 1.12 bits per heavy atom. The van der Waals surface area contributed by atoms with Crippen LogP contribution in [0.15, 0.2) is 53.7 Å². The number of methoxy groups -OCH3 is 1. The second-order valence-electron chi connectivity index (χ2n) is 7.52. The molecule has 0 aromatic heterocycles. The van der Waals surface area contributed by atoms with Crippen LogP contribution >= 0.6 is 0 Å². The van der Waals surface area contributed by atoms with E-state index in [-0.39, 0.29) is 18.3 Å². The highest BCUT2D eigenvalue weighted by molar-refractivity contribution is 5.95. The van der Waals surface area contributed by atoms with E-state index in [2.05, 4.69) is 10.6 Å². The number of carbonyl (C=O) groups is 2. The van der Waals surface area contributed by atoms with E-state index in [0.717, 1.165) is 0 Å². The van der Waals surface area contributed by atoms with Crippen molar-refractivity contribution < 1.29 is 28.2 Å². The fourth-order valence-corrected chi connectivity index (χ4v) is 3.49. The first-order valence-electron chi connectivity index (χ1n) is 10.4. The topological polar surface area (TPSA) is 85.9 Å². The molecule has 0 saturated carbocycles. The van der Waals surface area contributed by atoms with Gasteiger partial charge in [-0.25, -0.2) is 14.0 Å². The number of benzene rings is 2. The second-order valence-corrected chi connectivity index (χ2v) is 7.52. The van der Waals surface area contributed by atoms with Crippen molar-refractivity contribution in [3.05, 3.63) is 70.7 Å². The van der Waals surface area contributed by atoms with E-state index in [1.165, 1.54) is 13.2 Å². The van der Waals surface area contributed by atoms with Crippen LogP contribution in [-0.4, -0.2) is 25.7 Å². The van der Waals surface area contributed by atoms with Crippen LogP contribution in [0.5, 0.6) is 11.5 Å². The lowest BCUT2D eigenvalue weighted by Crippen LogP contribution is -2.47. The van der Waals surface area contributed by atoms with Gasteiger partial charge >= 0.3 is 12.0 Å². The molecule has 0 bridgehead atoms. The fourth-order valence-electron chi connectivity index (χ4n) is 3.49. The van der Waals surface area contributed by atoms with Gasteiger partial charge in [-0.3, -0.25) is 0 Å². The summed E-state index contributed by atoms with van der Waals surface area (Å²) in [5.41, 5.74) is 1.87. The SMILES string of the molecule is CCOc1cc(C2NC(=O)NC(C(C)C)=C2C(=O)OC)ccc1OCc1ccccc1F. The largest absolute Gasteiger partial charge is 0.490 e. The third-order valence-electron chi connectivity index (χ3n) is 5.03. The molecule has 32 heavy (non-hydrogen) atoms. The lowest BCUT2D eigenvalue weighted by atomic mass is 9.91. The molecule has 7 nitrogen and oxygen atoms in total. The van der Waals surface area contributed by atoms with Gasteiger partial charge in [-0.1, -0.05) is 38.1 Å². The Labute approximate surface area is 186 Å². The Morgan fingerprint density at radius 3 is 2.53 bits per heavy atom. The quantitative estimate of drug-likeness (QED) is 0.598. The van der Waals surface area contributed by atoms with E-state index >= 15 is 0 Å². The zero-order valence-corrected chi connectivity index (χ0v) is 18.5. The summed E-state index contributed by atoms with van der Waals surface area (Å²) in [5, 5.41) is 5.50. The van der Waals surface area contributed by atoms with Crippen LogP contribution in [0.2, 0.25) is 0 Å². The first-order chi connectivity index (χ1) is 15.3. The van der Waals surface area contributed by atoms with Crippen LogP contribution in [0.1, 0.15) is 37.9 Å². The maximum atomic E-state index is 13.9. The van der Waals surface area contributed by atoms with Gasteiger partial charge in [0.05, 0.1) is 25.3 Å². The molecule has 2 aromatic rings. The molecule has 0 fully saturated rings. The Hall–Kier alpha value is -3.55. The van der Waals surface area contributed by atoms with E-state index in [4.69, 9.17) is 14.2 Å². The standard InChI is InChI=1S/C24H27FN2O5/c1-5-31-19-12-15(10-11-18(19)32-13-16-8-6-7-9-17(16)25)22-20(23(28)30-4)21(14(2)3)26-24(29)27-22/h6-12,14,22H,5,13H2,1-4H3,(H2,26,27,29). The molecular formula is C24H27FN2O5. The van der Waals surface area contributed by atoms with Crippen LogP contribution in [-0.2, 0) is 16.1 Å². The van der Waals surface area contributed by atoms with Crippen LogP contribution in [0, 0.1) is 11.7 Å². The number of hydrogen-bond donors (Lipinski definition) is 2. The van der Waals surface area contributed by atoms with Crippen molar-refractivity contribution in [2.75, 3.05) is 13.7 Å². The molecule has 2 aromatic carbocycles. The Bertz CT molecular complexity index is 1030. The minimum atomic E-state index is -0.728. The van der Waals surface area contributed by atoms with Crippen molar-refractivity contribution in [3.63, 3.8) is 0 Å². The van der Waals surface area contributed by atoms with Gasteiger partial charge in [0.1, 0.15) is 12.4 Å². The summed E-state index contributed by atoms with van der Waals surface area (Å²) in [6.07, 6.45) is 0. The summed E-state index contributed by atoms with van der Waals surface area (Å²) in [5.74, 6) is -0.152. The van der Waals surface area contributed by atoms with Gasteiger partial charge in [-0.15, -0.1) is 0 Å². The van der Waals surface area contributed by atoms with Crippen molar-refractivity contribution >= 4 is 12.0 Å². The van der Waals surface area contributed by atoms with Crippen LogP contribution < -0.4 is 20.1 Å². The Morgan fingerprint density at radius 2 is 1.88 bits per heavy atom. The summed E-state index contributed by atoms with van der Waals surface area (Å²) < 4.78 is 30.4. The number of urea groups is 1. The van der Waals surface area contributed by atoms with E-state index in [0.29, 0.717) is 40.5 Å². The molecule has 1 aliphatic rings. The summed E-state index contributed by atoms with van der Waals surface area (Å²) in [4.78, 5) is 24.9. The van der Waals surface area contributed by atoms with Gasteiger partial charge in [0, 0.05) is 11.3 Å². The molecule has 2 N–H and O–H groups in total. The number of esters is 1. The van der Waals surface area contributed by atoms with E-state index < -0.39 is 18.0 Å². The number of amides is 2. The van der Waals surface area contributed by atoms with Gasteiger partial charge in [-0.2, -0.15) is 0 Å². The maximum Gasteiger partial charge on any atom is 0.337 e. The molecular weight excluding hydrogens is 415 g/mol. The molecule has 8 heteroatoms. The molecule has 0 saturated heterocycles. The predicted molar refractivity (Wildman–Crippen MR) is 117 cm³/mol. The molecule has 1 unspecified atom stereocenters. The van der Waals surface area contributed by atoms with Crippen molar-refractivity contribution in [2.24, 2.45) is 5.92 Å². The van der Waals surface area contributed by atoms with Crippen LogP contribution in [0.25, 0.3) is 0 Å². The molecule has 1 atom stereocenters. The summed E-state index contributed by atoms with van der Waals surface area (Å²) in [7, 11) is 1.30. The number of halogens is 1. The van der Waals surface area contributed by atoms with Gasteiger partial charge < -0.3 is 24.8 Å². The number of ether oxygens (including phenoxy) is 3. The monoisotopic (exact) mass is 442 g/mol. The van der Waals surface area contributed by atoms with Gasteiger partial charge in [0.2, 0.25) is 0 Å². The normalized spacial score (nSPS) is 15.8. The molecule has 0 radical (unpaired) electrons.